The molecule has 2 aromatic carbocycles. The minimum atomic E-state index is -4.48. The Balaban J connectivity index is 1.69. The van der Waals surface area contributed by atoms with Gasteiger partial charge in [-0.1, -0.05) is 6.42 Å². The van der Waals surface area contributed by atoms with Gasteiger partial charge in [-0.05, 0) is 54.8 Å². The molecule has 1 unspecified atom stereocenters. The molecule has 2 heterocycles. The number of hydrogen-bond donors (Lipinski definition) is 5. The zero-order chi connectivity index (χ0) is 40.0. The number of fused-ring (bicyclic) bond motifs is 2. The number of carboxylic acids is 1. The first-order valence-electron chi connectivity index (χ1n) is 17.3. The minimum Gasteiger partial charge on any atom is -0.481 e. The molecule has 0 bridgehead atoms. The van der Waals surface area contributed by atoms with E-state index in [1.165, 1.54) is 18.2 Å². The number of nitrogens with one attached hydrogen (secondary N) is 1. The summed E-state index contributed by atoms with van der Waals surface area (Å²) < 4.78 is 96.7. The number of unbranched alkanes of at least 4 members (excludes halogenated alkanes) is 2. The van der Waals surface area contributed by atoms with Crippen LogP contribution in [-0.4, -0.2) is 117 Å². The van der Waals surface area contributed by atoms with Crippen LogP contribution in [0.2, 0.25) is 0 Å². The molecular formula is C35H43N3O14PS2+. The van der Waals surface area contributed by atoms with Gasteiger partial charge < -0.3 is 33.9 Å². The molecule has 2 aliphatic heterocycles. The summed E-state index contributed by atoms with van der Waals surface area (Å²) in [6.07, 6.45) is 1.16. The van der Waals surface area contributed by atoms with Gasteiger partial charge in [0.25, 0.3) is 26.1 Å². The van der Waals surface area contributed by atoms with Crippen molar-refractivity contribution < 1.29 is 63.8 Å². The summed E-state index contributed by atoms with van der Waals surface area (Å²) in [5, 5.41) is 12.7. The first-order valence-corrected chi connectivity index (χ1v) is 22.1. The van der Waals surface area contributed by atoms with Crippen LogP contribution in [-0.2, 0) is 38.9 Å². The maximum atomic E-state index is 14.2. The standard InChI is InChI=1S/C35H42N3O14PS2/c1-37(15-20-55(47,48)49)25-7-10-29-32(22-25)52-31-21-24(36-12-19-54(44,45)46)6-9-28(31)34(29)30-23-26(53(42,43)51-16-4-2-3-5-33(39)40)8-11-27(30)35(41)38-13-17-50-18-14-38/h6-11,21-23H,2-5,12-20H2,1H3,(H4,39,40,42,43,44,45,46,47,48,49)/p+1. The molecule has 20 heteroatoms. The predicted molar refractivity (Wildman–Crippen MR) is 204 cm³/mol. The van der Waals surface area contributed by atoms with Crippen LogP contribution in [0, 0.1) is 0 Å². The highest BCUT2D eigenvalue weighted by molar-refractivity contribution is 7.86. The van der Waals surface area contributed by atoms with E-state index in [1.807, 2.05) is 0 Å². The highest BCUT2D eigenvalue weighted by Gasteiger charge is 2.30. The number of morpholine rings is 1. The van der Waals surface area contributed by atoms with Crippen molar-refractivity contribution in [3.63, 3.8) is 0 Å². The van der Waals surface area contributed by atoms with Crippen molar-refractivity contribution in [2.45, 2.75) is 25.7 Å². The zero-order valence-corrected chi connectivity index (χ0v) is 32.4. The molecular weight excluding hydrogens is 782 g/mol. The van der Waals surface area contributed by atoms with Crippen LogP contribution in [0.3, 0.4) is 0 Å². The second kappa shape index (κ2) is 17.7. The second-order valence-corrected chi connectivity index (χ2v) is 17.9. The Bertz CT molecular complexity index is 2370. The fraction of sp³-hybridized carbons (Fsp3) is 0.400. The van der Waals surface area contributed by atoms with E-state index in [-0.39, 0.29) is 59.8 Å². The number of carbonyl (C=O) groups is 2. The van der Waals surface area contributed by atoms with Crippen LogP contribution in [0.1, 0.15) is 36.0 Å². The number of carboxylic acid groups (broad SMARTS) is 1. The quantitative estimate of drug-likeness (QED) is 0.0338. The van der Waals surface area contributed by atoms with Crippen molar-refractivity contribution in [3.05, 3.63) is 65.5 Å². The molecule has 298 valence electrons. The Morgan fingerprint density at radius 2 is 1.65 bits per heavy atom. The lowest BCUT2D eigenvalue weighted by molar-refractivity contribution is -0.137. The molecule has 1 fully saturated rings. The van der Waals surface area contributed by atoms with Gasteiger partial charge >= 0.3 is 13.6 Å². The third-order valence-electron chi connectivity index (χ3n) is 8.95. The van der Waals surface area contributed by atoms with Crippen molar-refractivity contribution in [2.24, 2.45) is 0 Å². The van der Waals surface area contributed by atoms with E-state index in [2.05, 4.69) is 5.32 Å². The molecule has 1 aliphatic carbocycles. The number of ether oxygens (including phenoxy) is 1. The number of benzene rings is 3. The van der Waals surface area contributed by atoms with Crippen LogP contribution in [0.4, 0.5) is 5.69 Å². The van der Waals surface area contributed by atoms with E-state index in [9.17, 15) is 45.0 Å². The predicted octanol–water partition coefficient (Wildman–Crippen LogP) is 2.74. The molecule has 2 aromatic rings. The molecule has 3 aliphatic rings. The number of hydrogen-bond acceptors (Lipinski definition) is 11. The van der Waals surface area contributed by atoms with Gasteiger partial charge in [-0.2, -0.15) is 16.8 Å². The van der Waals surface area contributed by atoms with E-state index in [0.717, 1.165) is 0 Å². The van der Waals surface area contributed by atoms with Crippen molar-refractivity contribution in [3.8, 4) is 22.5 Å². The number of nitrogens with zero attached hydrogens (tertiary/aromatic N) is 2. The summed E-state index contributed by atoms with van der Waals surface area (Å²) in [6.45, 7) is 0.969. The summed E-state index contributed by atoms with van der Waals surface area (Å²) in [4.78, 5) is 37.8. The van der Waals surface area contributed by atoms with Gasteiger partial charge in [0.2, 0.25) is 5.36 Å². The summed E-state index contributed by atoms with van der Waals surface area (Å²) in [5.41, 5.74) is 2.10. The second-order valence-electron chi connectivity index (χ2n) is 13.0. The Morgan fingerprint density at radius 3 is 2.35 bits per heavy atom. The van der Waals surface area contributed by atoms with Crippen molar-refractivity contribution in [2.75, 3.05) is 69.9 Å². The SMILES string of the molecule is C[N+](CCS(=O)(=O)O)=c1ccc2c(-c3cc(P(=O)(O)OCCCCCC(=O)O)ccc3C(=O)N3CCOCC3)c3ccc(NCCS(=O)(=O)O)cc3oc-2c1. The zero-order valence-electron chi connectivity index (χ0n) is 29.9. The normalized spacial score (nSPS) is 15.5. The number of rotatable bonds is 17. The number of amides is 1. The summed E-state index contributed by atoms with van der Waals surface area (Å²) in [6, 6.07) is 14.2. The van der Waals surface area contributed by atoms with Crippen LogP contribution in [0.5, 0.6) is 0 Å². The molecule has 1 atom stereocenters. The molecule has 0 aromatic heterocycles. The third kappa shape index (κ3) is 11.4. The van der Waals surface area contributed by atoms with Gasteiger partial charge in [-0.25, -0.2) is 4.58 Å². The van der Waals surface area contributed by atoms with Gasteiger partial charge in [0, 0.05) is 66.0 Å². The van der Waals surface area contributed by atoms with Gasteiger partial charge in [0.15, 0.2) is 6.54 Å². The average molecular weight is 825 g/mol. The van der Waals surface area contributed by atoms with E-state index in [4.69, 9.17) is 18.8 Å². The smallest absolute Gasteiger partial charge is 0.358 e. The largest absolute Gasteiger partial charge is 0.481 e. The topological polar surface area (TPSA) is 250 Å². The van der Waals surface area contributed by atoms with Crippen LogP contribution < -0.4 is 20.6 Å². The Labute approximate surface area is 317 Å². The Hall–Kier alpha value is -4.20. The molecule has 17 nitrogen and oxygen atoms in total. The van der Waals surface area contributed by atoms with Crippen LogP contribution >= 0.6 is 7.60 Å². The van der Waals surface area contributed by atoms with Gasteiger partial charge in [-0.3, -0.25) is 23.3 Å². The molecule has 0 radical (unpaired) electrons. The van der Waals surface area contributed by atoms with E-state index >= 15 is 0 Å². The number of anilines is 1. The molecule has 0 spiro atoms. The Kier molecular flexibility index (Phi) is 13.5. The average Bonchev–Trinajstić information content (AvgIpc) is 3.12. The van der Waals surface area contributed by atoms with Crippen molar-refractivity contribution in [1.82, 2.24) is 9.48 Å². The van der Waals surface area contributed by atoms with E-state index in [0.29, 0.717) is 73.1 Å². The highest BCUT2D eigenvalue weighted by Crippen LogP contribution is 2.46. The molecule has 1 saturated heterocycles. The molecule has 1 amide bonds. The Morgan fingerprint density at radius 1 is 0.927 bits per heavy atom. The number of aliphatic carboxylic acids is 1. The van der Waals surface area contributed by atoms with Crippen molar-refractivity contribution >= 4 is 61.7 Å². The molecule has 5 rings (SSSR count). The first-order chi connectivity index (χ1) is 25.9. The number of carbonyl (C=O) groups excluding carboxylic acids is 1. The summed E-state index contributed by atoms with van der Waals surface area (Å²) in [7, 11) is -11.4. The first kappa shape index (κ1) is 42.0. The summed E-state index contributed by atoms with van der Waals surface area (Å²) in [5.74, 6) is -2.12. The third-order valence-corrected chi connectivity index (χ3v) is 11.8. The maximum Gasteiger partial charge on any atom is 0.358 e. The fourth-order valence-corrected chi connectivity index (χ4v) is 8.02. The van der Waals surface area contributed by atoms with Crippen molar-refractivity contribution in [1.29, 1.82) is 0 Å². The molecule has 55 heavy (non-hydrogen) atoms. The fourth-order valence-electron chi connectivity index (χ4n) is 6.08. The van der Waals surface area contributed by atoms with Gasteiger partial charge in [0.1, 0.15) is 24.1 Å². The maximum absolute atomic E-state index is 14.2. The molecule has 0 saturated carbocycles. The molecule has 5 N–H and O–H groups in total. The van der Waals surface area contributed by atoms with E-state index in [1.54, 1.807) is 52.9 Å². The lowest BCUT2D eigenvalue weighted by atomic mass is 9.90. The van der Waals surface area contributed by atoms with Gasteiger partial charge in [-0.15, -0.1) is 0 Å². The highest BCUT2D eigenvalue weighted by atomic mass is 32.2. The lowest BCUT2D eigenvalue weighted by Crippen LogP contribution is -2.41. The van der Waals surface area contributed by atoms with E-state index < -0.39 is 45.3 Å². The van der Waals surface area contributed by atoms with Gasteiger partial charge in [0.05, 0.1) is 36.9 Å². The summed E-state index contributed by atoms with van der Waals surface area (Å²) >= 11 is 0. The van der Waals surface area contributed by atoms with Crippen LogP contribution in [0.25, 0.3) is 33.4 Å². The monoisotopic (exact) mass is 824 g/mol. The van der Waals surface area contributed by atoms with Crippen LogP contribution in [0.15, 0.2) is 59.0 Å². The minimum absolute atomic E-state index is 0.0332. The lowest BCUT2D eigenvalue weighted by Gasteiger charge is -2.28.